The van der Waals surface area contributed by atoms with E-state index < -0.39 is 0 Å². The molecule has 1 N–H and O–H groups in total. The lowest BCUT2D eigenvalue weighted by Gasteiger charge is -2.17. The molecule has 1 aromatic rings. The van der Waals surface area contributed by atoms with Crippen molar-refractivity contribution in [2.75, 3.05) is 6.26 Å². The summed E-state index contributed by atoms with van der Waals surface area (Å²) in [5.41, 5.74) is 0. The van der Waals surface area contributed by atoms with Crippen LogP contribution in [0.15, 0.2) is 21.2 Å². The standard InChI is InChI=1S/C12H18BrNOS/c1-8(11-5-6-12(13)15-11)14-9-3-4-10(7-9)16-2/h5-6,8-10,14H,3-4,7H2,1-2H3. The Labute approximate surface area is 110 Å². The number of rotatable bonds is 4. The first kappa shape index (κ1) is 12.5. The van der Waals surface area contributed by atoms with Crippen molar-refractivity contribution in [3.63, 3.8) is 0 Å². The van der Waals surface area contributed by atoms with Crippen molar-refractivity contribution in [3.8, 4) is 0 Å². The fourth-order valence-corrected chi connectivity index (χ4v) is 3.42. The van der Waals surface area contributed by atoms with Gasteiger partial charge in [0.1, 0.15) is 5.76 Å². The Morgan fingerprint density at radius 3 is 2.88 bits per heavy atom. The second kappa shape index (κ2) is 5.61. The predicted molar refractivity (Wildman–Crippen MR) is 72.9 cm³/mol. The van der Waals surface area contributed by atoms with E-state index in [0.29, 0.717) is 12.1 Å². The van der Waals surface area contributed by atoms with E-state index in [2.05, 4.69) is 34.4 Å². The van der Waals surface area contributed by atoms with Crippen LogP contribution >= 0.6 is 27.7 Å². The van der Waals surface area contributed by atoms with E-state index in [-0.39, 0.29) is 0 Å². The first-order valence-corrected chi connectivity index (χ1v) is 7.81. The second-order valence-electron chi connectivity index (χ2n) is 4.40. The lowest BCUT2D eigenvalue weighted by atomic mass is 10.2. The molecule has 1 aliphatic carbocycles. The first-order valence-electron chi connectivity index (χ1n) is 5.73. The molecule has 0 spiro atoms. The maximum Gasteiger partial charge on any atom is 0.169 e. The summed E-state index contributed by atoms with van der Waals surface area (Å²) < 4.78 is 6.37. The molecule has 0 radical (unpaired) electrons. The number of hydrogen-bond donors (Lipinski definition) is 1. The fraction of sp³-hybridized carbons (Fsp3) is 0.667. The summed E-state index contributed by atoms with van der Waals surface area (Å²) in [6.07, 6.45) is 6.12. The maximum atomic E-state index is 5.56. The van der Waals surface area contributed by atoms with Gasteiger partial charge in [0.2, 0.25) is 0 Å². The molecule has 0 saturated heterocycles. The van der Waals surface area contributed by atoms with Gasteiger partial charge in [-0.3, -0.25) is 0 Å². The number of thioether (sulfide) groups is 1. The molecular weight excluding hydrogens is 286 g/mol. The third-order valence-electron chi connectivity index (χ3n) is 3.22. The molecule has 3 atom stereocenters. The van der Waals surface area contributed by atoms with Crippen LogP contribution in [-0.4, -0.2) is 17.5 Å². The summed E-state index contributed by atoms with van der Waals surface area (Å²) >= 11 is 5.33. The zero-order valence-electron chi connectivity index (χ0n) is 9.70. The van der Waals surface area contributed by atoms with Gasteiger partial charge in [-0.2, -0.15) is 11.8 Å². The topological polar surface area (TPSA) is 25.2 Å². The molecule has 4 heteroatoms. The van der Waals surface area contributed by atoms with Gasteiger partial charge < -0.3 is 9.73 Å². The summed E-state index contributed by atoms with van der Waals surface area (Å²) in [4.78, 5) is 0. The molecule has 0 bridgehead atoms. The Hall–Kier alpha value is 0.0700. The van der Waals surface area contributed by atoms with Crippen molar-refractivity contribution < 1.29 is 4.42 Å². The van der Waals surface area contributed by atoms with Crippen LogP contribution in [0.1, 0.15) is 38.0 Å². The molecule has 1 fully saturated rings. The SMILES string of the molecule is CSC1CCC(NC(C)c2ccc(Br)o2)C1. The number of nitrogens with one attached hydrogen (secondary N) is 1. The van der Waals surface area contributed by atoms with Crippen LogP contribution in [0.2, 0.25) is 0 Å². The molecule has 90 valence electrons. The van der Waals surface area contributed by atoms with E-state index >= 15 is 0 Å². The second-order valence-corrected chi connectivity index (χ2v) is 6.32. The third kappa shape index (κ3) is 3.05. The lowest BCUT2D eigenvalue weighted by molar-refractivity contribution is 0.382. The monoisotopic (exact) mass is 303 g/mol. The highest BCUT2D eigenvalue weighted by atomic mass is 79.9. The Kier molecular flexibility index (Phi) is 4.39. The van der Waals surface area contributed by atoms with Gasteiger partial charge >= 0.3 is 0 Å². The molecule has 3 unspecified atom stereocenters. The minimum Gasteiger partial charge on any atom is -0.453 e. The van der Waals surface area contributed by atoms with Gasteiger partial charge in [-0.05, 0) is 60.5 Å². The van der Waals surface area contributed by atoms with E-state index in [0.717, 1.165) is 15.7 Å². The van der Waals surface area contributed by atoms with E-state index in [1.54, 1.807) is 0 Å². The average molecular weight is 304 g/mol. The van der Waals surface area contributed by atoms with Gasteiger partial charge in [-0.1, -0.05) is 0 Å². The zero-order chi connectivity index (χ0) is 11.5. The lowest BCUT2D eigenvalue weighted by Crippen LogP contribution is -2.29. The van der Waals surface area contributed by atoms with Gasteiger partial charge in [0.15, 0.2) is 4.67 Å². The molecule has 0 aromatic carbocycles. The van der Waals surface area contributed by atoms with E-state index in [1.807, 2.05) is 23.9 Å². The summed E-state index contributed by atoms with van der Waals surface area (Å²) in [5, 5.41) is 4.49. The summed E-state index contributed by atoms with van der Waals surface area (Å²) in [6, 6.07) is 4.93. The van der Waals surface area contributed by atoms with Gasteiger partial charge in [0, 0.05) is 11.3 Å². The van der Waals surface area contributed by atoms with Crippen LogP contribution in [0.25, 0.3) is 0 Å². The van der Waals surface area contributed by atoms with Crippen molar-refractivity contribution >= 4 is 27.7 Å². The van der Waals surface area contributed by atoms with Crippen molar-refractivity contribution in [2.24, 2.45) is 0 Å². The van der Waals surface area contributed by atoms with Crippen molar-refractivity contribution in [2.45, 2.75) is 43.5 Å². The average Bonchev–Trinajstić information content (AvgIpc) is 2.87. The first-order chi connectivity index (χ1) is 7.69. The third-order valence-corrected chi connectivity index (χ3v) is 4.75. The molecule has 1 aromatic heterocycles. The molecule has 2 rings (SSSR count). The normalized spacial score (nSPS) is 27.2. The molecule has 1 heterocycles. The number of hydrogen-bond acceptors (Lipinski definition) is 3. The van der Waals surface area contributed by atoms with Crippen LogP contribution < -0.4 is 5.32 Å². The molecular formula is C12H18BrNOS. The smallest absolute Gasteiger partial charge is 0.169 e. The van der Waals surface area contributed by atoms with Crippen molar-refractivity contribution in [3.05, 3.63) is 22.6 Å². The minimum absolute atomic E-state index is 0.303. The number of furan rings is 1. The van der Waals surface area contributed by atoms with E-state index in [1.165, 1.54) is 19.3 Å². The fourth-order valence-electron chi connectivity index (χ4n) is 2.30. The zero-order valence-corrected chi connectivity index (χ0v) is 12.1. The van der Waals surface area contributed by atoms with Crippen LogP contribution in [0.4, 0.5) is 0 Å². The van der Waals surface area contributed by atoms with E-state index in [9.17, 15) is 0 Å². The van der Waals surface area contributed by atoms with Gasteiger partial charge in [-0.25, -0.2) is 0 Å². The van der Waals surface area contributed by atoms with E-state index in [4.69, 9.17) is 4.42 Å². The largest absolute Gasteiger partial charge is 0.453 e. The van der Waals surface area contributed by atoms with Crippen molar-refractivity contribution in [1.82, 2.24) is 5.32 Å². The highest BCUT2D eigenvalue weighted by Gasteiger charge is 2.25. The van der Waals surface area contributed by atoms with Crippen molar-refractivity contribution in [1.29, 1.82) is 0 Å². The molecule has 0 aliphatic heterocycles. The van der Waals surface area contributed by atoms with Gasteiger partial charge in [0.05, 0.1) is 6.04 Å². The Morgan fingerprint density at radius 2 is 2.31 bits per heavy atom. The molecule has 1 saturated carbocycles. The summed E-state index contributed by atoms with van der Waals surface area (Å²) in [6.45, 7) is 2.16. The Balaban J connectivity index is 1.86. The maximum absolute atomic E-state index is 5.56. The molecule has 2 nitrogen and oxygen atoms in total. The minimum atomic E-state index is 0.303. The van der Waals surface area contributed by atoms with Gasteiger partial charge in [-0.15, -0.1) is 0 Å². The highest BCUT2D eigenvalue weighted by Crippen LogP contribution is 2.30. The van der Waals surface area contributed by atoms with Crippen LogP contribution in [0.5, 0.6) is 0 Å². The van der Waals surface area contributed by atoms with Crippen LogP contribution in [-0.2, 0) is 0 Å². The molecule has 1 aliphatic rings. The summed E-state index contributed by atoms with van der Waals surface area (Å²) in [7, 11) is 0. The van der Waals surface area contributed by atoms with Crippen LogP contribution in [0.3, 0.4) is 0 Å². The molecule has 0 amide bonds. The Bertz CT molecular complexity index is 342. The predicted octanol–water partition coefficient (Wildman–Crippen LogP) is 3.98. The highest BCUT2D eigenvalue weighted by molar-refractivity contribution is 9.10. The quantitative estimate of drug-likeness (QED) is 0.911. The van der Waals surface area contributed by atoms with Crippen LogP contribution in [0, 0.1) is 0 Å². The summed E-state index contributed by atoms with van der Waals surface area (Å²) in [5.74, 6) is 1.01. The Morgan fingerprint density at radius 1 is 1.50 bits per heavy atom. The van der Waals surface area contributed by atoms with Gasteiger partial charge in [0.25, 0.3) is 0 Å². The number of halogens is 1. The molecule has 16 heavy (non-hydrogen) atoms.